The predicted molar refractivity (Wildman–Crippen MR) is 87.0 cm³/mol. The summed E-state index contributed by atoms with van der Waals surface area (Å²) in [5.41, 5.74) is 7.21. The van der Waals surface area contributed by atoms with Crippen LogP contribution in [-0.2, 0) is 11.8 Å². The fourth-order valence-electron chi connectivity index (χ4n) is 3.06. The van der Waals surface area contributed by atoms with Gasteiger partial charge in [-0.25, -0.2) is 4.79 Å². The summed E-state index contributed by atoms with van der Waals surface area (Å²) in [4.78, 5) is 13.7. The van der Waals surface area contributed by atoms with Crippen molar-refractivity contribution in [2.75, 3.05) is 13.1 Å². The highest BCUT2D eigenvalue weighted by atomic mass is 16.6. The molecule has 1 aromatic heterocycles. The predicted octanol–water partition coefficient (Wildman–Crippen LogP) is 1.41. The standard InChI is InChI=1S/C16H28N4O3/c1-10-12(11(2)19(6)18-10)13(17)16(22)7-8-20(9-16)14(21)23-15(3,4)5/h13,22H,7-9,17H2,1-6H3. The maximum absolute atomic E-state index is 12.2. The van der Waals surface area contributed by atoms with Crippen LogP contribution in [0.3, 0.4) is 0 Å². The van der Waals surface area contributed by atoms with Crippen molar-refractivity contribution < 1.29 is 14.6 Å². The molecule has 3 N–H and O–H groups in total. The van der Waals surface area contributed by atoms with Crippen LogP contribution in [-0.4, -0.2) is 50.2 Å². The molecule has 7 heteroatoms. The molecule has 130 valence electrons. The third-order valence-corrected chi connectivity index (χ3v) is 4.39. The molecule has 0 radical (unpaired) electrons. The van der Waals surface area contributed by atoms with Crippen LogP contribution in [0.15, 0.2) is 0 Å². The number of carbonyl (C=O) groups excluding carboxylic acids is 1. The van der Waals surface area contributed by atoms with Gasteiger partial charge in [0.1, 0.15) is 11.2 Å². The summed E-state index contributed by atoms with van der Waals surface area (Å²) < 4.78 is 7.13. The maximum atomic E-state index is 12.2. The van der Waals surface area contributed by atoms with Crippen LogP contribution < -0.4 is 5.73 Å². The number of rotatable bonds is 2. The second-order valence-electron chi connectivity index (χ2n) is 7.44. The minimum absolute atomic E-state index is 0.164. The number of amides is 1. The van der Waals surface area contributed by atoms with Crippen molar-refractivity contribution in [3.8, 4) is 0 Å². The molecule has 1 fully saturated rings. The lowest BCUT2D eigenvalue weighted by Crippen LogP contribution is -2.45. The molecule has 0 aliphatic carbocycles. The van der Waals surface area contributed by atoms with Crippen LogP contribution in [0, 0.1) is 13.8 Å². The minimum Gasteiger partial charge on any atom is -0.444 e. The Morgan fingerprint density at radius 3 is 2.52 bits per heavy atom. The molecule has 2 unspecified atom stereocenters. The molecule has 1 aliphatic heterocycles. The molecule has 1 aliphatic rings. The zero-order valence-electron chi connectivity index (χ0n) is 14.9. The largest absolute Gasteiger partial charge is 0.444 e. The van der Waals surface area contributed by atoms with Crippen molar-refractivity contribution in [3.63, 3.8) is 0 Å². The van der Waals surface area contributed by atoms with Gasteiger partial charge in [-0.2, -0.15) is 5.10 Å². The Bertz CT molecular complexity index is 605. The van der Waals surface area contributed by atoms with Crippen molar-refractivity contribution in [1.29, 1.82) is 0 Å². The zero-order valence-corrected chi connectivity index (χ0v) is 14.9. The third kappa shape index (κ3) is 3.50. The molecule has 1 saturated heterocycles. The Hall–Kier alpha value is -1.60. The number of likely N-dealkylation sites (tertiary alicyclic amines) is 1. The lowest BCUT2D eigenvalue weighted by atomic mass is 9.87. The molecular weight excluding hydrogens is 296 g/mol. The summed E-state index contributed by atoms with van der Waals surface area (Å²) in [5.74, 6) is 0. The Labute approximate surface area is 137 Å². The first-order valence-electron chi connectivity index (χ1n) is 7.90. The fraction of sp³-hybridized carbons (Fsp3) is 0.750. The van der Waals surface area contributed by atoms with Gasteiger partial charge in [-0.05, 0) is 41.0 Å². The van der Waals surface area contributed by atoms with Crippen molar-refractivity contribution in [1.82, 2.24) is 14.7 Å². The molecule has 2 heterocycles. The Morgan fingerprint density at radius 2 is 2.04 bits per heavy atom. The smallest absolute Gasteiger partial charge is 0.410 e. The number of hydrogen-bond donors (Lipinski definition) is 2. The second-order valence-corrected chi connectivity index (χ2v) is 7.44. The van der Waals surface area contributed by atoms with E-state index in [0.717, 1.165) is 17.0 Å². The average molecular weight is 324 g/mol. The summed E-state index contributed by atoms with van der Waals surface area (Å²) >= 11 is 0. The van der Waals surface area contributed by atoms with Gasteiger partial charge in [0.05, 0.1) is 18.3 Å². The lowest BCUT2D eigenvalue weighted by Gasteiger charge is -2.31. The molecule has 1 aromatic rings. The summed E-state index contributed by atoms with van der Waals surface area (Å²) in [6.45, 7) is 9.86. The van der Waals surface area contributed by atoms with Crippen LogP contribution >= 0.6 is 0 Å². The highest BCUT2D eigenvalue weighted by Gasteiger charge is 2.45. The maximum Gasteiger partial charge on any atom is 0.410 e. The van der Waals surface area contributed by atoms with Gasteiger partial charge in [-0.3, -0.25) is 4.68 Å². The third-order valence-electron chi connectivity index (χ3n) is 4.39. The Kier molecular flexibility index (Phi) is 4.47. The summed E-state index contributed by atoms with van der Waals surface area (Å²) in [7, 11) is 1.85. The van der Waals surface area contributed by atoms with E-state index in [1.54, 1.807) is 4.68 Å². The topological polar surface area (TPSA) is 93.6 Å². The Morgan fingerprint density at radius 1 is 1.43 bits per heavy atom. The van der Waals surface area contributed by atoms with Gasteiger partial charge in [0.25, 0.3) is 0 Å². The summed E-state index contributed by atoms with van der Waals surface area (Å²) in [6, 6.07) is -0.594. The first-order chi connectivity index (χ1) is 10.4. The Balaban J connectivity index is 2.16. The molecule has 0 spiro atoms. The molecule has 0 bridgehead atoms. The lowest BCUT2D eigenvalue weighted by molar-refractivity contribution is 0.00489. The number of aliphatic hydroxyl groups is 1. The van der Waals surface area contributed by atoms with E-state index in [2.05, 4.69) is 5.10 Å². The van der Waals surface area contributed by atoms with E-state index in [-0.39, 0.29) is 6.54 Å². The van der Waals surface area contributed by atoms with Gasteiger partial charge in [0, 0.05) is 24.8 Å². The average Bonchev–Trinajstić information content (AvgIpc) is 2.90. The monoisotopic (exact) mass is 324 g/mol. The van der Waals surface area contributed by atoms with Crippen molar-refractivity contribution in [2.24, 2.45) is 12.8 Å². The minimum atomic E-state index is -1.17. The number of hydrogen-bond acceptors (Lipinski definition) is 5. The van der Waals surface area contributed by atoms with E-state index in [4.69, 9.17) is 10.5 Å². The number of β-amino-alcohol motifs (C(OH)–C–C–N with tert-alkyl or cyclic N) is 1. The van der Waals surface area contributed by atoms with Crippen LogP contribution in [0.2, 0.25) is 0 Å². The van der Waals surface area contributed by atoms with Gasteiger partial charge in [0.15, 0.2) is 0 Å². The van der Waals surface area contributed by atoms with Gasteiger partial charge < -0.3 is 20.5 Å². The SMILES string of the molecule is Cc1nn(C)c(C)c1C(N)C1(O)CCN(C(=O)OC(C)(C)C)C1. The number of aryl methyl sites for hydroxylation is 2. The fourth-order valence-corrected chi connectivity index (χ4v) is 3.06. The molecule has 0 saturated carbocycles. The van der Waals surface area contributed by atoms with E-state index in [1.165, 1.54) is 4.90 Å². The van der Waals surface area contributed by atoms with Crippen molar-refractivity contribution in [3.05, 3.63) is 17.0 Å². The normalized spacial score (nSPS) is 23.2. The highest BCUT2D eigenvalue weighted by molar-refractivity contribution is 5.68. The van der Waals surface area contributed by atoms with E-state index < -0.39 is 23.3 Å². The van der Waals surface area contributed by atoms with E-state index >= 15 is 0 Å². The van der Waals surface area contributed by atoms with Crippen LogP contribution in [0.5, 0.6) is 0 Å². The molecule has 2 atom stereocenters. The molecule has 7 nitrogen and oxygen atoms in total. The van der Waals surface area contributed by atoms with E-state index in [9.17, 15) is 9.90 Å². The molecular formula is C16H28N4O3. The highest BCUT2D eigenvalue weighted by Crippen LogP contribution is 2.35. The molecule has 0 aromatic carbocycles. The number of nitrogens with two attached hydrogens (primary N) is 1. The number of nitrogens with zero attached hydrogens (tertiary/aromatic N) is 3. The summed E-state index contributed by atoms with van der Waals surface area (Å²) in [6.07, 6.45) is 0.00141. The van der Waals surface area contributed by atoms with Crippen molar-refractivity contribution in [2.45, 2.75) is 58.3 Å². The van der Waals surface area contributed by atoms with Crippen molar-refractivity contribution >= 4 is 6.09 Å². The van der Waals surface area contributed by atoms with E-state index in [1.807, 2.05) is 41.7 Å². The zero-order chi connectivity index (χ0) is 17.6. The van der Waals surface area contributed by atoms with Crippen LogP contribution in [0.4, 0.5) is 4.79 Å². The van der Waals surface area contributed by atoms with Gasteiger partial charge in [-0.15, -0.1) is 0 Å². The number of ether oxygens (including phenoxy) is 1. The quantitative estimate of drug-likeness (QED) is 0.858. The van der Waals surface area contributed by atoms with E-state index in [0.29, 0.717) is 13.0 Å². The van der Waals surface area contributed by atoms with Gasteiger partial charge >= 0.3 is 6.09 Å². The van der Waals surface area contributed by atoms with Crippen LogP contribution in [0.1, 0.15) is 50.2 Å². The molecule has 1 amide bonds. The molecule has 23 heavy (non-hydrogen) atoms. The number of aromatic nitrogens is 2. The number of carbonyl (C=O) groups is 1. The van der Waals surface area contributed by atoms with Gasteiger partial charge in [-0.1, -0.05) is 0 Å². The first-order valence-corrected chi connectivity index (χ1v) is 7.90. The first kappa shape index (κ1) is 17.7. The second kappa shape index (κ2) is 5.79. The molecule has 2 rings (SSSR count). The van der Waals surface area contributed by atoms with Crippen LogP contribution in [0.25, 0.3) is 0 Å². The summed E-state index contributed by atoms with van der Waals surface area (Å²) in [5, 5.41) is 15.3. The van der Waals surface area contributed by atoms with Gasteiger partial charge in [0.2, 0.25) is 0 Å².